The highest BCUT2D eigenvalue weighted by molar-refractivity contribution is 5.97. The van der Waals surface area contributed by atoms with Crippen molar-refractivity contribution in [2.45, 2.75) is 38.7 Å². The fourth-order valence-electron chi connectivity index (χ4n) is 1.87. The molecular formula is C16H23NO5. The molecule has 22 heavy (non-hydrogen) atoms. The van der Waals surface area contributed by atoms with Crippen LogP contribution in [0.25, 0.3) is 0 Å². The maximum Gasteiger partial charge on any atom is 0.341 e. The van der Waals surface area contributed by atoms with Crippen LogP contribution in [-0.2, 0) is 14.3 Å². The zero-order chi connectivity index (χ0) is 16.6. The van der Waals surface area contributed by atoms with Crippen molar-refractivity contribution in [3.05, 3.63) is 24.3 Å². The number of carboxylic acids is 1. The van der Waals surface area contributed by atoms with E-state index >= 15 is 0 Å². The summed E-state index contributed by atoms with van der Waals surface area (Å²) in [4.78, 5) is 22.7. The molecule has 0 radical (unpaired) electrons. The van der Waals surface area contributed by atoms with Crippen LogP contribution in [0.4, 0.5) is 5.69 Å². The van der Waals surface area contributed by atoms with Crippen molar-refractivity contribution < 1.29 is 24.2 Å². The molecule has 0 aliphatic rings. The van der Waals surface area contributed by atoms with Crippen LogP contribution in [-0.4, -0.2) is 36.3 Å². The van der Waals surface area contributed by atoms with Crippen LogP contribution in [0.5, 0.6) is 5.75 Å². The van der Waals surface area contributed by atoms with Gasteiger partial charge >= 0.3 is 5.97 Å². The lowest BCUT2D eigenvalue weighted by Crippen LogP contribution is -2.41. The summed E-state index contributed by atoms with van der Waals surface area (Å²) in [6.07, 6.45) is 2.53. The van der Waals surface area contributed by atoms with E-state index in [2.05, 4.69) is 12.2 Å². The first-order chi connectivity index (χ1) is 10.4. The molecule has 0 aliphatic carbocycles. The minimum absolute atomic E-state index is 0.206. The fraction of sp³-hybridized carbons (Fsp3) is 0.500. The number of rotatable bonds is 9. The molecule has 0 aliphatic heterocycles. The van der Waals surface area contributed by atoms with Gasteiger partial charge in [0.05, 0.1) is 0 Å². The Morgan fingerprint density at radius 3 is 2.41 bits per heavy atom. The second-order valence-corrected chi connectivity index (χ2v) is 5.20. The summed E-state index contributed by atoms with van der Waals surface area (Å²) < 4.78 is 10.4. The van der Waals surface area contributed by atoms with Gasteiger partial charge in [0.25, 0.3) is 5.91 Å². The van der Waals surface area contributed by atoms with Crippen LogP contribution >= 0.6 is 0 Å². The number of carbonyl (C=O) groups excluding carboxylic acids is 1. The van der Waals surface area contributed by atoms with Crippen LogP contribution in [0.1, 0.15) is 33.1 Å². The lowest BCUT2D eigenvalue weighted by Gasteiger charge is -2.26. The Morgan fingerprint density at radius 2 is 1.91 bits per heavy atom. The molecule has 0 bridgehead atoms. The molecule has 0 fully saturated rings. The molecule has 2 N–H and O–H groups in total. The molecule has 0 saturated heterocycles. The first-order valence-electron chi connectivity index (χ1n) is 7.22. The highest BCUT2D eigenvalue weighted by Crippen LogP contribution is 2.22. The summed E-state index contributed by atoms with van der Waals surface area (Å²) in [6.45, 7) is 3.43. The molecule has 1 aromatic rings. The number of methoxy groups -OCH3 is 1. The van der Waals surface area contributed by atoms with Gasteiger partial charge in [0, 0.05) is 12.8 Å². The predicted molar refractivity (Wildman–Crippen MR) is 83.1 cm³/mol. The Bertz CT molecular complexity index is 500. The second kappa shape index (κ2) is 8.38. The molecule has 1 aromatic carbocycles. The molecule has 6 nitrogen and oxygen atoms in total. The first kappa shape index (κ1) is 18.0. The Kier molecular flexibility index (Phi) is 6.85. The number of unbranched alkanes of at least 4 members (excludes halogenated alkanes) is 1. The molecule has 0 aromatic heterocycles. The van der Waals surface area contributed by atoms with Crippen molar-refractivity contribution in [1.29, 1.82) is 0 Å². The Labute approximate surface area is 130 Å². The van der Waals surface area contributed by atoms with Crippen molar-refractivity contribution in [3.63, 3.8) is 0 Å². The van der Waals surface area contributed by atoms with E-state index < -0.39 is 18.2 Å². The van der Waals surface area contributed by atoms with Gasteiger partial charge in [0.1, 0.15) is 11.4 Å². The molecule has 1 atom stereocenters. The molecule has 122 valence electrons. The lowest BCUT2D eigenvalue weighted by atomic mass is 9.97. The number of carboxylic acid groups (broad SMARTS) is 1. The Morgan fingerprint density at radius 1 is 1.27 bits per heavy atom. The standard InChI is InChI=1S/C16H23NO5/c1-4-5-10-16(2,21-3)15(20)17-12-6-8-13(9-7-12)22-11-14(18)19/h6-9H,4-5,10-11H2,1-3H3,(H,17,20)(H,18,19)/t16-/m0/s1. The van der Waals surface area contributed by atoms with E-state index in [1.54, 1.807) is 31.2 Å². The smallest absolute Gasteiger partial charge is 0.341 e. The first-order valence-corrected chi connectivity index (χ1v) is 7.22. The number of benzene rings is 1. The number of carbonyl (C=O) groups is 2. The Hall–Kier alpha value is -2.08. The van der Waals surface area contributed by atoms with Gasteiger partial charge in [-0.15, -0.1) is 0 Å². The highest BCUT2D eigenvalue weighted by atomic mass is 16.5. The van der Waals surface area contributed by atoms with Gasteiger partial charge in [-0.3, -0.25) is 4.79 Å². The van der Waals surface area contributed by atoms with E-state index in [0.29, 0.717) is 17.9 Å². The van der Waals surface area contributed by atoms with Crippen molar-refractivity contribution in [3.8, 4) is 5.75 Å². The maximum absolute atomic E-state index is 12.3. The van der Waals surface area contributed by atoms with Gasteiger partial charge < -0.3 is 19.9 Å². The normalized spacial score (nSPS) is 13.2. The van der Waals surface area contributed by atoms with E-state index in [4.69, 9.17) is 14.6 Å². The number of amides is 1. The van der Waals surface area contributed by atoms with Crippen molar-refractivity contribution >= 4 is 17.6 Å². The number of hydrogen-bond donors (Lipinski definition) is 2. The molecule has 0 spiro atoms. The van der Waals surface area contributed by atoms with E-state index in [-0.39, 0.29) is 5.91 Å². The summed E-state index contributed by atoms with van der Waals surface area (Å²) in [5, 5.41) is 11.3. The van der Waals surface area contributed by atoms with Gasteiger partial charge in [-0.2, -0.15) is 0 Å². The third-order valence-electron chi connectivity index (χ3n) is 3.41. The SMILES string of the molecule is CCCC[C@](C)(OC)C(=O)Nc1ccc(OCC(=O)O)cc1. The van der Waals surface area contributed by atoms with Crippen LogP contribution in [0, 0.1) is 0 Å². The van der Waals surface area contributed by atoms with Gasteiger partial charge in [0.2, 0.25) is 0 Å². The third-order valence-corrected chi connectivity index (χ3v) is 3.41. The molecule has 1 rings (SSSR count). The predicted octanol–water partition coefficient (Wildman–Crippen LogP) is 2.68. The van der Waals surface area contributed by atoms with E-state index in [0.717, 1.165) is 12.8 Å². The van der Waals surface area contributed by atoms with Crippen LogP contribution in [0.3, 0.4) is 0 Å². The molecular weight excluding hydrogens is 286 g/mol. The summed E-state index contributed by atoms with van der Waals surface area (Å²) >= 11 is 0. The average molecular weight is 309 g/mol. The Balaban J connectivity index is 2.65. The van der Waals surface area contributed by atoms with Gasteiger partial charge in [-0.05, 0) is 37.6 Å². The van der Waals surface area contributed by atoms with Crippen molar-refractivity contribution in [2.75, 3.05) is 19.0 Å². The summed E-state index contributed by atoms with van der Waals surface area (Å²) in [7, 11) is 1.53. The zero-order valence-electron chi connectivity index (χ0n) is 13.2. The van der Waals surface area contributed by atoms with E-state index in [9.17, 15) is 9.59 Å². The number of nitrogens with one attached hydrogen (secondary N) is 1. The maximum atomic E-state index is 12.3. The molecule has 6 heteroatoms. The number of ether oxygens (including phenoxy) is 2. The molecule has 0 heterocycles. The quantitative estimate of drug-likeness (QED) is 0.732. The molecule has 0 saturated carbocycles. The van der Waals surface area contributed by atoms with Crippen LogP contribution in [0.2, 0.25) is 0 Å². The minimum atomic E-state index is -1.04. The molecule has 0 unspecified atom stereocenters. The van der Waals surface area contributed by atoms with E-state index in [1.807, 2.05) is 0 Å². The van der Waals surface area contributed by atoms with E-state index in [1.165, 1.54) is 7.11 Å². The second-order valence-electron chi connectivity index (χ2n) is 5.20. The van der Waals surface area contributed by atoms with Crippen molar-refractivity contribution in [1.82, 2.24) is 0 Å². The summed E-state index contributed by atoms with van der Waals surface area (Å²) in [5.41, 5.74) is -0.262. The minimum Gasteiger partial charge on any atom is -0.482 e. The average Bonchev–Trinajstić information content (AvgIpc) is 2.51. The topological polar surface area (TPSA) is 84.9 Å². The van der Waals surface area contributed by atoms with Crippen molar-refractivity contribution in [2.24, 2.45) is 0 Å². The summed E-state index contributed by atoms with van der Waals surface area (Å²) in [5.74, 6) is -0.812. The number of aliphatic carboxylic acids is 1. The van der Waals surface area contributed by atoms with Crippen LogP contribution < -0.4 is 10.1 Å². The fourth-order valence-corrected chi connectivity index (χ4v) is 1.87. The lowest BCUT2D eigenvalue weighted by molar-refractivity contribution is -0.139. The molecule has 1 amide bonds. The highest BCUT2D eigenvalue weighted by Gasteiger charge is 2.32. The monoisotopic (exact) mass is 309 g/mol. The van der Waals surface area contributed by atoms with Gasteiger partial charge in [-0.25, -0.2) is 4.79 Å². The van der Waals surface area contributed by atoms with Crippen LogP contribution in [0.15, 0.2) is 24.3 Å². The number of hydrogen-bond acceptors (Lipinski definition) is 4. The largest absolute Gasteiger partial charge is 0.482 e. The third kappa shape index (κ3) is 5.37. The zero-order valence-corrected chi connectivity index (χ0v) is 13.2. The van der Waals surface area contributed by atoms with Gasteiger partial charge in [0.15, 0.2) is 6.61 Å². The number of anilines is 1. The summed E-state index contributed by atoms with van der Waals surface area (Å²) in [6, 6.07) is 6.53. The van der Waals surface area contributed by atoms with Gasteiger partial charge in [-0.1, -0.05) is 19.8 Å².